The predicted octanol–water partition coefficient (Wildman–Crippen LogP) is 2.80. The van der Waals surface area contributed by atoms with Crippen molar-refractivity contribution in [1.29, 1.82) is 0 Å². The number of imidazole rings is 1. The number of benzene rings is 1. The SMILES string of the molecule is Cn1c(-c2ccccc2)cnc1SCC(=O)NC(=O)NC(C)(C)C. The number of amides is 3. The first-order valence-electron chi connectivity index (χ1n) is 7.58. The molecule has 6 nitrogen and oxygen atoms in total. The molecule has 0 radical (unpaired) electrons. The summed E-state index contributed by atoms with van der Waals surface area (Å²) in [5, 5.41) is 5.72. The molecule has 0 spiro atoms. The van der Waals surface area contributed by atoms with Crippen molar-refractivity contribution in [2.45, 2.75) is 31.5 Å². The van der Waals surface area contributed by atoms with Gasteiger partial charge in [0.2, 0.25) is 5.91 Å². The Morgan fingerprint density at radius 2 is 1.88 bits per heavy atom. The highest BCUT2D eigenvalue weighted by Crippen LogP contribution is 2.24. The van der Waals surface area contributed by atoms with Gasteiger partial charge in [0.1, 0.15) is 0 Å². The number of hydrogen-bond acceptors (Lipinski definition) is 4. The van der Waals surface area contributed by atoms with Gasteiger partial charge in [-0.2, -0.15) is 0 Å². The average molecular weight is 346 g/mol. The number of carbonyl (C=O) groups excluding carboxylic acids is 2. The Morgan fingerprint density at radius 3 is 2.50 bits per heavy atom. The number of thioether (sulfide) groups is 1. The van der Waals surface area contributed by atoms with E-state index in [0.717, 1.165) is 16.4 Å². The van der Waals surface area contributed by atoms with Crippen LogP contribution >= 0.6 is 11.8 Å². The lowest BCUT2D eigenvalue weighted by Crippen LogP contribution is -2.48. The third-order valence-corrected chi connectivity index (χ3v) is 4.13. The molecule has 0 bridgehead atoms. The van der Waals surface area contributed by atoms with Gasteiger partial charge in [-0.15, -0.1) is 0 Å². The van der Waals surface area contributed by atoms with E-state index in [1.165, 1.54) is 11.8 Å². The van der Waals surface area contributed by atoms with Gasteiger partial charge in [0.05, 0.1) is 17.6 Å². The first kappa shape index (κ1) is 18.1. The van der Waals surface area contributed by atoms with Crippen molar-refractivity contribution in [1.82, 2.24) is 20.2 Å². The summed E-state index contributed by atoms with van der Waals surface area (Å²) in [7, 11) is 1.90. The number of carbonyl (C=O) groups is 2. The second-order valence-electron chi connectivity index (χ2n) is 6.39. The highest BCUT2D eigenvalue weighted by Gasteiger charge is 2.16. The fourth-order valence-electron chi connectivity index (χ4n) is 2.07. The maximum atomic E-state index is 11.9. The Balaban J connectivity index is 1.92. The van der Waals surface area contributed by atoms with Crippen LogP contribution in [0, 0.1) is 0 Å². The standard InChI is InChI=1S/C17H22N4O2S/c1-17(2,3)20-15(23)19-14(22)11-24-16-18-10-13(21(16)4)12-8-6-5-7-9-12/h5-10H,11H2,1-4H3,(H2,19,20,22,23). The van der Waals surface area contributed by atoms with Crippen LogP contribution in [0.2, 0.25) is 0 Å². The minimum atomic E-state index is -0.488. The minimum Gasteiger partial charge on any atom is -0.333 e. The number of nitrogens with zero attached hydrogens (tertiary/aromatic N) is 2. The van der Waals surface area contributed by atoms with Crippen molar-refractivity contribution in [3.8, 4) is 11.3 Å². The van der Waals surface area contributed by atoms with E-state index in [9.17, 15) is 9.59 Å². The van der Waals surface area contributed by atoms with E-state index in [0.29, 0.717) is 0 Å². The van der Waals surface area contributed by atoms with E-state index in [1.54, 1.807) is 6.20 Å². The summed E-state index contributed by atoms with van der Waals surface area (Å²) >= 11 is 1.29. The quantitative estimate of drug-likeness (QED) is 0.835. The second kappa shape index (κ2) is 7.53. The van der Waals surface area contributed by atoms with Crippen LogP contribution in [0.15, 0.2) is 41.7 Å². The molecule has 0 atom stereocenters. The van der Waals surface area contributed by atoms with Crippen LogP contribution in [0.5, 0.6) is 0 Å². The molecular formula is C17H22N4O2S. The topological polar surface area (TPSA) is 76.0 Å². The van der Waals surface area contributed by atoms with Gasteiger partial charge in [-0.05, 0) is 26.3 Å². The number of rotatable bonds is 4. The molecule has 24 heavy (non-hydrogen) atoms. The maximum absolute atomic E-state index is 11.9. The monoisotopic (exact) mass is 346 g/mol. The zero-order valence-electron chi connectivity index (χ0n) is 14.3. The van der Waals surface area contributed by atoms with Gasteiger partial charge in [-0.25, -0.2) is 9.78 Å². The lowest BCUT2D eigenvalue weighted by Gasteiger charge is -2.20. The molecule has 2 N–H and O–H groups in total. The molecule has 2 aromatic rings. The number of aromatic nitrogens is 2. The third-order valence-electron chi connectivity index (χ3n) is 3.09. The Morgan fingerprint density at radius 1 is 1.21 bits per heavy atom. The summed E-state index contributed by atoms with van der Waals surface area (Å²) in [5.41, 5.74) is 1.65. The third kappa shape index (κ3) is 5.13. The first-order valence-corrected chi connectivity index (χ1v) is 8.57. The molecule has 0 unspecified atom stereocenters. The second-order valence-corrected chi connectivity index (χ2v) is 7.33. The normalized spacial score (nSPS) is 11.2. The van der Waals surface area contributed by atoms with Crippen LogP contribution in [-0.4, -0.2) is 32.8 Å². The summed E-state index contributed by atoms with van der Waals surface area (Å²) < 4.78 is 1.93. The van der Waals surface area contributed by atoms with Crippen molar-refractivity contribution < 1.29 is 9.59 Å². The Kier molecular flexibility index (Phi) is 5.66. The number of hydrogen-bond donors (Lipinski definition) is 2. The molecule has 1 heterocycles. The van der Waals surface area contributed by atoms with E-state index in [2.05, 4.69) is 15.6 Å². The zero-order chi connectivity index (χ0) is 17.7. The Labute approximate surface area is 146 Å². The van der Waals surface area contributed by atoms with Gasteiger partial charge in [0.15, 0.2) is 5.16 Å². The fourth-order valence-corrected chi connectivity index (χ4v) is 2.82. The molecule has 0 aliphatic rings. The van der Waals surface area contributed by atoms with Gasteiger partial charge >= 0.3 is 6.03 Å². The minimum absolute atomic E-state index is 0.122. The van der Waals surface area contributed by atoms with Gasteiger partial charge < -0.3 is 9.88 Å². The lowest BCUT2D eigenvalue weighted by atomic mass is 10.1. The first-order chi connectivity index (χ1) is 11.3. The molecule has 0 aliphatic carbocycles. The molecule has 2 rings (SSSR count). The van der Waals surface area contributed by atoms with Crippen LogP contribution < -0.4 is 10.6 Å². The summed E-state index contributed by atoms with van der Waals surface area (Å²) in [5.74, 6) is -0.234. The van der Waals surface area contributed by atoms with Crippen molar-refractivity contribution in [3.05, 3.63) is 36.5 Å². The maximum Gasteiger partial charge on any atom is 0.321 e. The van der Waals surface area contributed by atoms with Gasteiger partial charge in [-0.3, -0.25) is 10.1 Å². The molecule has 3 amide bonds. The average Bonchev–Trinajstić information content (AvgIpc) is 2.85. The van der Waals surface area contributed by atoms with Crippen LogP contribution in [0.1, 0.15) is 20.8 Å². The van der Waals surface area contributed by atoms with Crippen LogP contribution in [-0.2, 0) is 11.8 Å². The Bertz CT molecular complexity index is 720. The van der Waals surface area contributed by atoms with E-state index in [4.69, 9.17) is 0 Å². The molecular weight excluding hydrogens is 324 g/mol. The highest BCUT2D eigenvalue weighted by atomic mass is 32.2. The predicted molar refractivity (Wildman–Crippen MR) is 95.8 cm³/mol. The smallest absolute Gasteiger partial charge is 0.321 e. The number of nitrogens with one attached hydrogen (secondary N) is 2. The van der Waals surface area contributed by atoms with Crippen LogP contribution in [0.3, 0.4) is 0 Å². The zero-order valence-corrected chi connectivity index (χ0v) is 15.1. The van der Waals surface area contributed by atoms with Gasteiger partial charge in [0.25, 0.3) is 0 Å². The van der Waals surface area contributed by atoms with Crippen LogP contribution in [0.4, 0.5) is 4.79 Å². The van der Waals surface area contributed by atoms with E-state index in [-0.39, 0.29) is 17.2 Å². The Hall–Kier alpha value is -2.28. The van der Waals surface area contributed by atoms with Crippen LogP contribution in [0.25, 0.3) is 11.3 Å². The highest BCUT2D eigenvalue weighted by molar-refractivity contribution is 7.99. The van der Waals surface area contributed by atoms with Gasteiger partial charge in [-0.1, -0.05) is 42.1 Å². The molecule has 7 heteroatoms. The van der Waals surface area contributed by atoms with Gasteiger partial charge in [0, 0.05) is 12.6 Å². The lowest BCUT2D eigenvalue weighted by molar-refractivity contribution is -0.117. The van der Waals surface area contributed by atoms with E-state index in [1.807, 2.05) is 62.7 Å². The summed E-state index contributed by atoms with van der Waals surface area (Å²) in [4.78, 5) is 27.9. The van der Waals surface area contributed by atoms with Crippen molar-refractivity contribution in [2.24, 2.45) is 7.05 Å². The molecule has 0 saturated carbocycles. The number of urea groups is 1. The van der Waals surface area contributed by atoms with E-state index < -0.39 is 6.03 Å². The molecule has 128 valence electrons. The fraction of sp³-hybridized carbons (Fsp3) is 0.353. The van der Waals surface area contributed by atoms with Crippen molar-refractivity contribution in [3.63, 3.8) is 0 Å². The van der Waals surface area contributed by atoms with E-state index >= 15 is 0 Å². The van der Waals surface area contributed by atoms with Crippen molar-refractivity contribution in [2.75, 3.05) is 5.75 Å². The summed E-state index contributed by atoms with van der Waals surface area (Å²) in [6.07, 6.45) is 1.78. The molecule has 0 fully saturated rings. The molecule has 0 aliphatic heterocycles. The molecule has 1 aromatic carbocycles. The number of imide groups is 1. The molecule has 0 saturated heterocycles. The summed E-state index contributed by atoms with van der Waals surface area (Å²) in [6, 6.07) is 9.43. The largest absolute Gasteiger partial charge is 0.333 e. The summed E-state index contributed by atoms with van der Waals surface area (Å²) in [6.45, 7) is 5.56. The molecule has 1 aromatic heterocycles. The van der Waals surface area contributed by atoms with Crippen molar-refractivity contribution >= 4 is 23.7 Å².